The van der Waals surface area contributed by atoms with E-state index in [2.05, 4.69) is 15.8 Å². The van der Waals surface area contributed by atoms with Gasteiger partial charge in [0.2, 0.25) is 11.8 Å². The topological polar surface area (TPSA) is 84.2 Å². The number of hydrogen-bond acceptors (Lipinski definition) is 5. The monoisotopic (exact) mass is 319 g/mol. The zero-order chi connectivity index (χ0) is 16.1. The van der Waals surface area contributed by atoms with E-state index in [1.165, 1.54) is 18.7 Å². The molecule has 0 aliphatic heterocycles. The number of anilines is 2. The average Bonchev–Trinajstić information content (AvgIpc) is 2.85. The first kappa shape index (κ1) is 16.1. The van der Waals surface area contributed by atoms with E-state index >= 15 is 0 Å². The number of nitrogens with one attached hydrogen (secondary N) is 2. The molecule has 0 spiro atoms. The molecule has 7 heteroatoms. The Hall–Kier alpha value is -2.28. The van der Waals surface area contributed by atoms with Crippen molar-refractivity contribution in [1.29, 1.82) is 0 Å². The van der Waals surface area contributed by atoms with Crippen molar-refractivity contribution in [3.05, 3.63) is 36.1 Å². The lowest BCUT2D eigenvalue weighted by molar-refractivity contribution is -0.115. The second-order valence-electron chi connectivity index (χ2n) is 4.78. The molecule has 0 bridgehead atoms. The van der Waals surface area contributed by atoms with Crippen LogP contribution in [0.5, 0.6) is 0 Å². The molecular formula is C15H17N3O3S. The second kappa shape index (κ2) is 7.13. The highest BCUT2D eigenvalue weighted by Gasteiger charge is 2.16. The summed E-state index contributed by atoms with van der Waals surface area (Å²) in [4.78, 5) is 24.0. The van der Waals surface area contributed by atoms with Crippen LogP contribution in [0.1, 0.15) is 19.6 Å². The molecule has 2 aromatic rings. The van der Waals surface area contributed by atoms with Crippen LogP contribution in [0, 0.1) is 6.92 Å². The third kappa shape index (κ3) is 4.63. The van der Waals surface area contributed by atoms with Crippen LogP contribution >= 0.6 is 11.8 Å². The van der Waals surface area contributed by atoms with Gasteiger partial charge < -0.3 is 15.2 Å². The molecular weight excluding hydrogens is 302 g/mol. The van der Waals surface area contributed by atoms with E-state index in [-0.39, 0.29) is 17.1 Å². The summed E-state index contributed by atoms with van der Waals surface area (Å²) in [5.74, 6) is 0.792. The van der Waals surface area contributed by atoms with Crippen molar-refractivity contribution >= 4 is 35.1 Å². The molecule has 1 heterocycles. The maximum absolute atomic E-state index is 12.1. The van der Waals surface area contributed by atoms with Gasteiger partial charge in [-0.15, -0.1) is 11.8 Å². The fourth-order valence-electron chi connectivity index (χ4n) is 1.73. The lowest BCUT2D eigenvalue weighted by Gasteiger charge is -2.11. The van der Waals surface area contributed by atoms with E-state index in [0.29, 0.717) is 11.6 Å². The predicted octanol–water partition coefficient (Wildman–Crippen LogP) is 3.06. The fraction of sp³-hybridized carbons (Fsp3) is 0.267. The van der Waals surface area contributed by atoms with Crippen molar-refractivity contribution in [2.75, 3.05) is 10.6 Å². The lowest BCUT2D eigenvalue weighted by Crippen LogP contribution is -2.22. The molecule has 0 saturated carbocycles. The molecule has 2 amide bonds. The number of amides is 2. The van der Waals surface area contributed by atoms with Gasteiger partial charge in [0, 0.05) is 23.6 Å². The predicted molar refractivity (Wildman–Crippen MR) is 85.9 cm³/mol. The number of hydrogen-bond donors (Lipinski definition) is 2. The quantitative estimate of drug-likeness (QED) is 0.827. The largest absolute Gasteiger partial charge is 0.360 e. The van der Waals surface area contributed by atoms with Crippen molar-refractivity contribution < 1.29 is 14.1 Å². The maximum atomic E-state index is 12.1. The van der Waals surface area contributed by atoms with Crippen LogP contribution in [0.2, 0.25) is 0 Å². The molecule has 6 nitrogen and oxygen atoms in total. The van der Waals surface area contributed by atoms with Gasteiger partial charge in [0.25, 0.3) is 0 Å². The zero-order valence-corrected chi connectivity index (χ0v) is 13.4. The first-order valence-corrected chi connectivity index (χ1v) is 7.60. The summed E-state index contributed by atoms with van der Waals surface area (Å²) in [6.07, 6.45) is 0. The Bertz CT molecular complexity index is 667. The minimum Gasteiger partial charge on any atom is -0.360 e. The van der Waals surface area contributed by atoms with Crippen LogP contribution in [0.15, 0.2) is 39.8 Å². The summed E-state index contributed by atoms with van der Waals surface area (Å²) in [6, 6.07) is 8.99. The van der Waals surface area contributed by atoms with E-state index < -0.39 is 0 Å². The van der Waals surface area contributed by atoms with Gasteiger partial charge in [0.05, 0.1) is 5.25 Å². The molecule has 0 saturated heterocycles. The molecule has 116 valence electrons. The highest BCUT2D eigenvalue weighted by Crippen LogP contribution is 2.25. The Labute approximate surface area is 132 Å². The van der Waals surface area contributed by atoms with Gasteiger partial charge in [0.15, 0.2) is 5.82 Å². The minimum absolute atomic E-state index is 0.115. The molecule has 1 aromatic heterocycles. The Kier molecular flexibility index (Phi) is 5.21. The number of benzene rings is 1. The number of rotatable bonds is 5. The number of aromatic nitrogens is 1. The summed E-state index contributed by atoms with van der Waals surface area (Å²) in [5, 5.41) is 8.84. The van der Waals surface area contributed by atoms with E-state index in [1.54, 1.807) is 25.1 Å². The van der Waals surface area contributed by atoms with E-state index in [4.69, 9.17) is 4.52 Å². The highest BCUT2D eigenvalue weighted by molar-refractivity contribution is 8.00. The third-order valence-electron chi connectivity index (χ3n) is 2.74. The number of aryl methyl sites for hydroxylation is 1. The first-order valence-electron chi connectivity index (χ1n) is 6.72. The van der Waals surface area contributed by atoms with Gasteiger partial charge in [-0.25, -0.2) is 0 Å². The van der Waals surface area contributed by atoms with Crippen molar-refractivity contribution in [2.24, 2.45) is 0 Å². The number of nitrogens with zero attached hydrogens (tertiary/aromatic N) is 1. The second-order valence-corrected chi connectivity index (χ2v) is 6.19. The third-order valence-corrected chi connectivity index (χ3v) is 3.85. The Morgan fingerprint density at radius 1 is 1.23 bits per heavy atom. The molecule has 22 heavy (non-hydrogen) atoms. The Balaban J connectivity index is 1.91. The van der Waals surface area contributed by atoms with Crippen molar-refractivity contribution in [1.82, 2.24) is 5.16 Å². The van der Waals surface area contributed by atoms with Gasteiger partial charge in [-0.2, -0.15) is 0 Å². The first-order chi connectivity index (χ1) is 10.4. The SMILES string of the molecule is CC(=O)Nc1ccc(S[C@@H](C)C(=O)Nc2cc(C)on2)cc1. The smallest absolute Gasteiger partial charge is 0.238 e. The molecule has 0 unspecified atom stereocenters. The lowest BCUT2D eigenvalue weighted by atomic mass is 10.3. The molecule has 2 rings (SSSR count). The van der Waals surface area contributed by atoms with E-state index in [0.717, 1.165) is 10.6 Å². The van der Waals surface area contributed by atoms with Crippen LogP contribution in [0.4, 0.5) is 11.5 Å². The van der Waals surface area contributed by atoms with Crippen LogP contribution < -0.4 is 10.6 Å². The van der Waals surface area contributed by atoms with E-state index in [9.17, 15) is 9.59 Å². The van der Waals surface area contributed by atoms with Gasteiger partial charge >= 0.3 is 0 Å². The maximum Gasteiger partial charge on any atom is 0.238 e. The van der Waals surface area contributed by atoms with Crippen LogP contribution in [0.25, 0.3) is 0 Å². The zero-order valence-electron chi connectivity index (χ0n) is 12.5. The van der Waals surface area contributed by atoms with Crippen molar-refractivity contribution in [3.63, 3.8) is 0 Å². The average molecular weight is 319 g/mol. The normalized spacial score (nSPS) is 11.8. The van der Waals surface area contributed by atoms with Gasteiger partial charge in [-0.3, -0.25) is 9.59 Å². The molecule has 0 radical (unpaired) electrons. The number of thioether (sulfide) groups is 1. The highest BCUT2D eigenvalue weighted by atomic mass is 32.2. The number of carbonyl (C=O) groups excluding carboxylic acids is 2. The van der Waals surface area contributed by atoms with Crippen molar-refractivity contribution in [2.45, 2.75) is 30.9 Å². The molecule has 0 fully saturated rings. The fourth-order valence-corrected chi connectivity index (χ4v) is 2.60. The van der Waals surface area contributed by atoms with Crippen LogP contribution in [-0.4, -0.2) is 22.2 Å². The van der Waals surface area contributed by atoms with Gasteiger partial charge in [0.1, 0.15) is 5.76 Å². The Morgan fingerprint density at radius 3 is 2.45 bits per heavy atom. The van der Waals surface area contributed by atoms with Gasteiger partial charge in [-0.05, 0) is 38.1 Å². The Morgan fingerprint density at radius 2 is 1.91 bits per heavy atom. The van der Waals surface area contributed by atoms with Crippen molar-refractivity contribution in [3.8, 4) is 0 Å². The molecule has 0 aliphatic rings. The summed E-state index contributed by atoms with van der Waals surface area (Å²) in [6.45, 7) is 5.03. The summed E-state index contributed by atoms with van der Waals surface area (Å²) < 4.78 is 4.90. The minimum atomic E-state index is -0.288. The molecule has 2 N–H and O–H groups in total. The molecule has 0 aliphatic carbocycles. The summed E-state index contributed by atoms with van der Waals surface area (Å²) >= 11 is 1.42. The van der Waals surface area contributed by atoms with Crippen LogP contribution in [0.3, 0.4) is 0 Å². The summed E-state index contributed by atoms with van der Waals surface area (Å²) in [7, 11) is 0. The number of carbonyl (C=O) groups is 2. The van der Waals surface area contributed by atoms with Crippen LogP contribution in [-0.2, 0) is 9.59 Å². The summed E-state index contributed by atoms with van der Waals surface area (Å²) in [5.41, 5.74) is 0.729. The molecule has 1 atom stereocenters. The molecule has 1 aromatic carbocycles. The van der Waals surface area contributed by atoms with Gasteiger partial charge in [-0.1, -0.05) is 5.16 Å². The standard InChI is InChI=1S/C15H17N3O3S/c1-9-8-14(18-21-9)17-15(20)10(2)22-13-6-4-12(5-7-13)16-11(3)19/h4-8,10H,1-3H3,(H,16,19)(H,17,18,20)/t10-/m0/s1. The van der Waals surface area contributed by atoms with E-state index in [1.807, 2.05) is 19.1 Å².